The van der Waals surface area contributed by atoms with Crippen LogP contribution in [0.15, 0.2) is 60.7 Å². The van der Waals surface area contributed by atoms with Crippen molar-refractivity contribution >= 4 is 28.9 Å². The molecule has 0 saturated heterocycles. The SMILES string of the molecule is CCOc1cccc(CNc2ccc(F)c(Cl)c2)c1OCc1ccccc1Cl. The maximum absolute atomic E-state index is 13.4. The maximum atomic E-state index is 13.4. The van der Waals surface area contributed by atoms with Crippen molar-refractivity contribution in [2.24, 2.45) is 0 Å². The highest BCUT2D eigenvalue weighted by molar-refractivity contribution is 6.31. The van der Waals surface area contributed by atoms with Gasteiger partial charge in [-0.2, -0.15) is 0 Å². The predicted octanol–water partition coefficient (Wildman–Crippen LogP) is 6.72. The molecule has 0 aliphatic rings. The molecule has 6 heteroatoms. The van der Waals surface area contributed by atoms with Gasteiger partial charge in [-0.05, 0) is 37.3 Å². The Balaban J connectivity index is 1.80. The third kappa shape index (κ3) is 5.09. The van der Waals surface area contributed by atoms with Gasteiger partial charge in [0.05, 0.1) is 11.6 Å². The molecule has 0 unspecified atom stereocenters. The first-order valence-corrected chi connectivity index (χ1v) is 9.64. The molecule has 0 aliphatic heterocycles. The molecule has 3 aromatic carbocycles. The lowest BCUT2D eigenvalue weighted by Crippen LogP contribution is -2.06. The Labute approximate surface area is 174 Å². The molecule has 0 heterocycles. The molecule has 0 atom stereocenters. The number of benzene rings is 3. The summed E-state index contributed by atoms with van der Waals surface area (Å²) in [6, 6.07) is 17.8. The van der Waals surface area contributed by atoms with Crippen LogP contribution in [0.1, 0.15) is 18.1 Å². The number of halogens is 3. The van der Waals surface area contributed by atoms with Crippen LogP contribution in [0.4, 0.5) is 10.1 Å². The van der Waals surface area contributed by atoms with Crippen LogP contribution >= 0.6 is 23.2 Å². The van der Waals surface area contributed by atoms with Crippen LogP contribution in [-0.2, 0) is 13.2 Å². The standard InChI is InChI=1S/C22H20Cl2FNO2/c1-2-27-21-9-5-7-15(13-26-17-10-11-20(25)19(24)12-17)22(21)28-14-16-6-3-4-8-18(16)23/h3-12,26H,2,13-14H2,1H3. The van der Waals surface area contributed by atoms with Crippen LogP contribution < -0.4 is 14.8 Å². The number of para-hydroxylation sites is 1. The Morgan fingerprint density at radius 3 is 2.43 bits per heavy atom. The monoisotopic (exact) mass is 419 g/mol. The van der Waals surface area contributed by atoms with Crippen LogP contribution in [0.5, 0.6) is 11.5 Å². The largest absolute Gasteiger partial charge is 0.490 e. The fraction of sp³-hybridized carbons (Fsp3) is 0.182. The van der Waals surface area contributed by atoms with Crippen molar-refractivity contribution in [1.82, 2.24) is 0 Å². The molecule has 0 fully saturated rings. The Hall–Kier alpha value is -2.43. The van der Waals surface area contributed by atoms with E-state index in [1.807, 2.05) is 49.4 Å². The van der Waals surface area contributed by atoms with Crippen LogP contribution in [0.25, 0.3) is 0 Å². The van der Waals surface area contributed by atoms with Crippen molar-refractivity contribution in [3.05, 3.63) is 87.7 Å². The predicted molar refractivity (Wildman–Crippen MR) is 112 cm³/mol. The molecular weight excluding hydrogens is 400 g/mol. The number of nitrogens with one attached hydrogen (secondary N) is 1. The molecule has 3 aromatic rings. The summed E-state index contributed by atoms with van der Waals surface area (Å²) >= 11 is 12.1. The third-order valence-electron chi connectivity index (χ3n) is 4.09. The van der Waals surface area contributed by atoms with Gasteiger partial charge in [0, 0.05) is 28.4 Å². The minimum absolute atomic E-state index is 0.0725. The van der Waals surface area contributed by atoms with Crippen LogP contribution in [0, 0.1) is 5.82 Å². The molecular formula is C22H20Cl2FNO2. The topological polar surface area (TPSA) is 30.5 Å². The second-order valence-corrected chi connectivity index (χ2v) is 6.85. The first-order chi connectivity index (χ1) is 13.6. The quantitative estimate of drug-likeness (QED) is 0.439. The van der Waals surface area contributed by atoms with Crippen LogP contribution in [0.3, 0.4) is 0 Å². The number of rotatable bonds is 8. The van der Waals surface area contributed by atoms with Gasteiger partial charge in [0.25, 0.3) is 0 Å². The molecule has 146 valence electrons. The molecule has 0 bridgehead atoms. The lowest BCUT2D eigenvalue weighted by molar-refractivity contribution is 0.267. The van der Waals surface area contributed by atoms with Gasteiger partial charge in [-0.3, -0.25) is 0 Å². The molecule has 0 aliphatic carbocycles. The van der Waals surface area contributed by atoms with Crippen molar-refractivity contribution in [2.75, 3.05) is 11.9 Å². The minimum atomic E-state index is -0.450. The fourth-order valence-electron chi connectivity index (χ4n) is 2.70. The second kappa shape index (κ2) is 9.67. The molecule has 0 radical (unpaired) electrons. The van der Waals surface area contributed by atoms with Gasteiger partial charge >= 0.3 is 0 Å². The second-order valence-electron chi connectivity index (χ2n) is 6.04. The first-order valence-electron chi connectivity index (χ1n) is 8.88. The van der Waals surface area contributed by atoms with Gasteiger partial charge in [-0.15, -0.1) is 0 Å². The van der Waals surface area contributed by atoms with Gasteiger partial charge < -0.3 is 14.8 Å². The summed E-state index contributed by atoms with van der Waals surface area (Å²) in [4.78, 5) is 0. The molecule has 0 amide bonds. The summed E-state index contributed by atoms with van der Waals surface area (Å²) < 4.78 is 25.2. The van der Waals surface area contributed by atoms with Crippen molar-refractivity contribution in [1.29, 1.82) is 0 Å². The zero-order valence-corrected chi connectivity index (χ0v) is 16.9. The Morgan fingerprint density at radius 1 is 0.893 bits per heavy atom. The highest BCUT2D eigenvalue weighted by atomic mass is 35.5. The Bertz CT molecular complexity index is 950. The number of hydrogen-bond donors (Lipinski definition) is 1. The maximum Gasteiger partial charge on any atom is 0.166 e. The molecule has 28 heavy (non-hydrogen) atoms. The zero-order chi connectivity index (χ0) is 19.9. The van der Waals surface area contributed by atoms with E-state index in [4.69, 9.17) is 32.7 Å². The number of hydrogen-bond acceptors (Lipinski definition) is 3. The van der Waals surface area contributed by atoms with E-state index in [9.17, 15) is 4.39 Å². The minimum Gasteiger partial charge on any atom is -0.490 e. The molecule has 0 spiro atoms. The number of anilines is 1. The van der Waals surface area contributed by atoms with Gasteiger partial charge in [0.1, 0.15) is 12.4 Å². The average Bonchev–Trinajstić information content (AvgIpc) is 2.69. The van der Waals surface area contributed by atoms with E-state index in [1.54, 1.807) is 12.1 Å². The molecule has 3 rings (SSSR count). The first kappa shape index (κ1) is 20.3. The fourth-order valence-corrected chi connectivity index (χ4v) is 3.07. The van der Waals surface area contributed by atoms with E-state index in [0.717, 1.165) is 11.1 Å². The van der Waals surface area contributed by atoms with Gasteiger partial charge in [-0.1, -0.05) is 53.5 Å². The summed E-state index contributed by atoms with van der Waals surface area (Å²) in [5.41, 5.74) is 2.50. The molecule has 3 nitrogen and oxygen atoms in total. The van der Waals surface area contributed by atoms with E-state index < -0.39 is 5.82 Å². The van der Waals surface area contributed by atoms with E-state index in [2.05, 4.69) is 5.32 Å². The lowest BCUT2D eigenvalue weighted by Gasteiger charge is -2.17. The van der Waals surface area contributed by atoms with Gasteiger partial charge in [0.2, 0.25) is 0 Å². The summed E-state index contributed by atoms with van der Waals surface area (Å²) in [7, 11) is 0. The summed E-state index contributed by atoms with van der Waals surface area (Å²) in [6.07, 6.45) is 0. The van der Waals surface area contributed by atoms with Crippen molar-refractivity contribution in [3.8, 4) is 11.5 Å². The Kier molecular flexibility index (Phi) is 7.01. The highest BCUT2D eigenvalue weighted by Crippen LogP contribution is 2.33. The molecule has 0 saturated carbocycles. The van der Waals surface area contributed by atoms with Gasteiger partial charge in [0.15, 0.2) is 11.5 Å². The van der Waals surface area contributed by atoms with Crippen LogP contribution in [0.2, 0.25) is 10.0 Å². The molecule has 0 aromatic heterocycles. The van der Waals surface area contributed by atoms with E-state index in [-0.39, 0.29) is 5.02 Å². The zero-order valence-electron chi connectivity index (χ0n) is 15.3. The lowest BCUT2D eigenvalue weighted by atomic mass is 10.1. The van der Waals surface area contributed by atoms with Crippen LogP contribution in [-0.4, -0.2) is 6.61 Å². The number of ether oxygens (including phenoxy) is 2. The van der Waals surface area contributed by atoms with E-state index in [1.165, 1.54) is 6.07 Å². The van der Waals surface area contributed by atoms with Crippen molar-refractivity contribution in [2.45, 2.75) is 20.1 Å². The summed E-state index contributed by atoms with van der Waals surface area (Å²) in [5, 5.41) is 3.96. The van der Waals surface area contributed by atoms with Gasteiger partial charge in [-0.25, -0.2) is 4.39 Å². The summed E-state index contributed by atoms with van der Waals surface area (Å²) in [6.45, 7) is 3.22. The van der Waals surface area contributed by atoms with Crippen molar-refractivity contribution in [3.63, 3.8) is 0 Å². The van der Waals surface area contributed by atoms with Crippen molar-refractivity contribution < 1.29 is 13.9 Å². The normalized spacial score (nSPS) is 10.6. The smallest absolute Gasteiger partial charge is 0.166 e. The highest BCUT2D eigenvalue weighted by Gasteiger charge is 2.13. The van der Waals surface area contributed by atoms with E-state index >= 15 is 0 Å². The molecule has 1 N–H and O–H groups in total. The van der Waals surface area contributed by atoms with E-state index in [0.29, 0.717) is 42.0 Å². The third-order valence-corrected chi connectivity index (χ3v) is 4.75. The summed E-state index contributed by atoms with van der Waals surface area (Å²) in [5.74, 6) is 0.852. The Morgan fingerprint density at radius 2 is 1.68 bits per heavy atom. The average molecular weight is 420 g/mol.